The van der Waals surface area contributed by atoms with Crippen LogP contribution in [-0.4, -0.2) is 27.8 Å². The second kappa shape index (κ2) is 6.01. The van der Waals surface area contributed by atoms with Crippen LogP contribution in [0, 0.1) is 0 Å². The molecule has 0 spiro atoms. The minimum absolute atomic E-state index is 0.0531. The van der Waals surface area contributed by atoms with E-state index in [0.29, 0.717) is 30.6 Å². The lowest BCUT2D eigenvalue weighted by molar-refractivity contribution is -0.120. The predicted octanol–water partition coefficient (Wildman–Crippen LogP) is 0.894. The van der Waals surface area contributed by atoms with Crippen molar-refractivity contribution in [1.82, 2.24) is 14.9 Å². The summed E-state index contributed by atoms with van der Waals surface area (Å²) in [6, 6.07) is 1.77. The molecule has 1 amide bonds. The van der Waals surface area contributed by atoms with Crippen LogP contribution in [-0.2, 0) is 11.3 Å². The maximum absolute atomic E-state index is 12.0. The molecule has 0 radical (unpaired) electrons. The lowest BCUT2D eigenvalue weighted by atomic mass is 10.4. The van der Waals surface area contributed by atoms with Crippen LogP contribution in [0.1, 0.15) is 6.42 Å². The van der Waals surface area contributed by atoms with Crippen LogP contribution in [0.2, 0.25) is 0 Å². The number of nitrogens with zero attached hydrogens (tertiary/aromatic N) is 2. The van der Waals surface area contributed by atoms with Crippen molar-refractivity contribution in [2.45, 2.75) is 13.0 Å². The SMILES string of the molecule is O=C(CCS)NCCn1cnc2sccc2c1=O. The Morgan fingerprint density at radius 2 is 2.39 bits per heavy atom. The van der Waals surface area contributed by atoms with Gasteiger partial charge in [-0.2, -0.15) is 12.6 Å². The third kappa shape index (κ3) is 2.91. The molecule has 0 saturated heterocycles. The molecule has 2 rings (SSSR count). The van der Waals surface area contributed by atoms with Gasteiger partial charge in [-0.1, -0.05) is 0 Å². The summed E-state index contributed by atoms with van der Waals surface area (Å²) in [6.07, 6.45) is 1.91. The van der Waals surface area contributed by atoms with Crippen molar-refractivity contribution in [1.29, 1.82) is 0 Å². The van der Waals surface area contributed by atoms with Gasteiger partial charge >= 0.3 is 0 Å². The lowest BCUT2D eigenvalue weighted by Gasteiger charge is -2.06. The summed E-state index contributed by atoms with van der Waals surface area (Å²) in [5.74, 6) is 0.469. The molecule has 0 aliphatic rings. The predicted molar refractivity (Wildman–Crippen MR) is 75.4 cm³/mol. The van der Waals surface area contributed by atoms with Gasteiger partial charge in [-0.05, 0) is 17.2 Å². The van der Waals surface area contributed by atoms with Crippen molar-refractivity contribution in [2.75, 3.05) is 12.3 Å². The largest absolute Gasteiger partial charge is 0.354 e. The molecule has 96 valence electrons. The van der Waals surface area contributed by atoms with Gasteiger partial charge in [0.1, 0.15) is 4.83 Å². The number of hydrogen-bond acceptors (Lipinski definition) is 5. The van der Waals surface area contributed by atoms with E-state index in [9.17, 15) is 9.59 Å². The number of rotatable bonds is 5. The van der Waals surface area contributed by atoms with E-state index >= 15 is 0 Å². The zero-order valence-corrected chi connectivity index (χ0v) is 11.3. The Kier molecular flexibility index (Phi) is 4.38. The molecule has 5 nitrogen and oxygen atoms in total. The Morgan fingerprint density at radius 1 is 1.56 bits per heavy atom. The van der Waals surface area contributed by atoms with Gasteiger partial charge in [0.25, 0.3) is 5.56 Å². The fraction of sp³-hybridized carbons (Fsp3) is 0.364. The van der Waals surface area contributed by atoms with E-state index in [1.807, 2.05) is 5.38 Å². The van der Waals surface area contributed by atoms with E-state index < -0.39 is 0 Å². The van der Waals surface area contributed by atoms with E-state index in [2.05, 4.69) is 22.9 Å². The summed E-state index contributed by atoms with van der Waals surface area (Å²) in [5.41, 5.74) is -0.0651. The number of carbonyl (C=O) groups excluding carboxylic acids is 1. The van der Waals surface area contributed by atoms with Gasteiger partial charge in [0.15, 0.2) is 0 Å². The first-order valence-corrected chi connectivity index (χ1v) is 7.04. The van der Waals surface area contributed by atoms with Crippen molar-refractivity contribution >= 4 is 40.1 Å². The highest BCUT2D eigenvalue weighted by Gasteiger charge is 2.05. The van der Waals surface area contributed by atoms with Crippen LogP contribution in [0.25, 0.3) is 10.2 Å². The number of thiophene rings is 1. The fourth-order valence-corrected chi connectivity index (χ4v) is 2.48. The quantitative estimate of drug-likeness (QED) is 0.801. The van der Waals surface area contributed by atoms with Crippen molar-refractivity contribution in [2.24, 2.45) is 0 Å². The molecule has 2 heterocycles. The molecule has 7 heteroatoms. The number of thiol groups is 1. The third-order valence-corrected chi connectivity index (χ3v) is 3.51. The van der Waals surface area contributed by atoms with Gasteiger partial charge in [-0.3, -0.25) is 14.2 Å². The van der Waals surface area contributed by atoms with Crippen LogP contribution in [0.5, 0.6) is 0 Å². The van der Waals surface area contributed by atoms with Crippen molar-refractivity contribution in [3.63, 3.8) is 0 Å². The minimum atomic E-state index is -0.0651. The molecule has 0 aromatic carbocycles. The molecular weight excluding hydrogens is 270 g/mol. The topological polar surface area (TPSA) is 64.0 Å². The van der Waals surface area contributed by atoms with Crippen LogP contribution < -0.4 is 10.9 Å². The van der Waals surface area contributed by atoms with E-state index in [-0.39, 0.29) is 11.5 Å². The molecule has 0 aliphatic heterocycles. The lowest BCUT2D eigenvalue weighted by Crippen LogP contribution is -2.30. The normalized spacial score (nSPS) is 10.7. The van der Waals surface area contributed by atoms with Crippen LogP contribution >= 0.6 is 24.0 Å². The van der Waals surface area contributed by atoms with Gasteiger partial charge < -0.3 is 5.32 Å². The zero-order chi connectivity index (χ0) is 13.0. The maximum Gasteiger partial charge on any atom is 0.262 e. The van der Waals surface area contributed by atoms with Crippen molar-refractivity contribution < 1.29 is 4.79 Å². The Bertz CT molecular complexity index is 606. The number of nitrogens with one attached hydrogen (secondary N) is 1. The highest BCUT2D eigenvalue weighted by atomic mass is 32.1. The first-order valence-electron chi connectivity index (χ1n) is 5.52. The third-order valence-electron chi connectivity index (χ3n) is 2.46. The molecule has 0 fully saturated rings. The van der Waals surface area contributed by atoms with Crippen molar-refractivity contribution in [3.8, 4) is 0 Å². The van der Waals surface area contributed by atoms with Gasteiger partial charge in [-0.15, -0.1) is 11.3 Å². The summed E-state index contributed by atoms with van der Waals surface area (Å²) >= 11 is 5.42. The summed E-state index contributed by atoms with van der Waals surface area (Å²) in [5, 5.41) is 5.20. The molecule has 1 N–H and O–H groups in total. The second-order valence-electron chi connectivity index (χ2n) is 3.71. The van der Waals surface area contributed by atoms with E-state index in [4.69, 9.17) is 0 Å². The first-order chi connectivity index (χ1) is 8.72. The molecule has 0 unspecified atom stereocenters. The van der Waals surface area contributed by atoms with Gasteiger partial charge in [0.05, 0.1) is 11.7 Å². The summed E-state index contributed by atoms with van der Waals surface area (Å²) in [4.78, 5) is 28.2. The van der Waals surface area contributed by atoms with Crippen LogP contribution in [0.3, 0.4) is 0 Å². The highest BCUT2D eigenvalue weighted by molar-refractivity contribution is 7.80. The molecule has 2 aromatic rings. The second-order valence-corrected chi connectivity index (χ2v) is 5.05. The summed E-state index contributed by atoms with van der Waals surface area (Å²) in [7, 11) is 0. The average molecular weight is 283 g/mol. The Labute approximate surface area is 113 Å². The molecule has 0 bridgehead atoms. The molecule has 2 aromatic heterocycles. The number of hydrogen-bond donors (Lipinski definition) is 2. The number of aromatic nitrogens is 2. The molecule has 0 atom stereocenters. The summed E-state index contributed by atoms with van der Waals surface area (Å²) in [6.45, 7) is 0.847. The smallest absolute Gasteiger partial charge is 0.262 e. The Hall–Kier alpha value is -1.34. The summed E-state index contributed by atoms with van der Waals surface area (Å²) < 4.78 is 1.51. The Balaban J connectivity index is 2.01. The first kappa shape index (κ1) is 13.1. The van der Waals surface area contributed by atoms with Gasteiger partial charge in [0, 0.05) is 19.5 Å². The average Bonchev–Trinajstić information content (AvgIpc) is 2.81. The Morgan fingerprint density at radius 3 is 3.17 bits per heavy atom. The number of carbonyl (C=O) groups is 1. The molecule has 0 aliphatic carbocycles. The van der Waals surface area contributed by atoms with Crippen molar-refractivity contribution in [3.05, 3.63) is 28.1 Å². The van der Waals surface area contributed by atoms with E-state index in [1.165, 1.54) is 22.2 Å². The van der Waals surface area contributed by atoms with Gasteiger partial charge in [0.2, 0.25) is 5.91 Å². The van der Waals surface area contributed by atoms with E-state index in [0.717, 1.165) is 4.83 Å². The highest BCUT2D eigenvalue weighted by Crippen LogP contribution is 2.12. The fourth-order valence-electron chi connectivity index (χ4n) is 1.56. The van der Waals surface area contributed by atoms with E-state index in [1.54, 1.807) is 6.07 Å². The zero-order valence-electron chi connectivity index (χ0n) is 9.63. The molecular formula is C11H13N3O2S2. The number of fused-ring (bicyclic) bond motifs is 1. The number of amides is 1. The minimum Gasteiger partial charge on any atom is -0.354 e. The standard InChI is InChI=1S/C11H13N3O2S2/c15-9(1-5-17)12-3-4-14-7-13-10-8(11(14)16)2-6-18-10/h2,6-7,17H,1,3-5H2,(H,12,15). The van der Waals surface area contributed by atoms with Gasteiger partial charge in [-0.25, -0.2) is 4.98 Å². The van der Waals surface area contributed by atoms with Crippen LogP contribution in [0.15, 0.2) is 22.6 Å². The molecule has 18 heavy (non-hydrogen) atoms. The maximum atomic E-state index is 12.0. The van der Waals surface area contributed by atoms with Crippen LogP contribution in [0.4, 0.5) is 0 Å². The monoisotopic (exact) mass is 283 g/mol. The molecule has 0 saturated carbocycles.